The van der Waals surface area contributed by atoms with Crippen LogP contribution in [0.5, 0.6) is 0 Å². The number of hydrogen-bond donors (Lipinski definition) is 2. The molecule has 0 aliphatic rings. The van der Waals surface area contributed by atoms with Crippen LogP contribution in [0.1, 0.15) is 10.4 Å². The van der Waals surface area contributed by atoms with Crippen molar-refractivity contribution in [3.05, 3.63) is 28.8 Å². The van der Waals surface area contributed by atoms with E-state index in [-0.39, 0.29) is 17.8 Å². The summed E-state index contributed by atoms with van der Waals surface area (Å²) in [5.41, 5.74) is 5.84. The summed E-state index contributed by atoms with van der Waals surface area (Å²) < 4.78 is 9.53. The van der Waals surface area contributed by atoms with Gasteiger partial charge in [0.1, 0.15) is 6.10 Å². The maximum atomic E-state index is 11.8. The number of carbonyl (C=O) groups excluding carboxylic acids is 2. The quantitative estimate of drug-likeness (QED) is 0.789. The third-order valence-corrected chi connectivity index (χ3v) is 2.67. The number of methoxy groups -OCH3 is 2. The molecular weight excluding hydrogens is 272 g/mol. The molecule has 3 N–H and O–H groups in total. The number of hydrogen-bond acceptors (Lipinski definition) is 5. The Hall–Kier alpha value is -1.63. The molecule has 1 unspecified atom stereocenters. The molecule has 1 aromatic carbocycles. The molecule has 104 valence electrons. The second-order valence-corrected chi connectivity index (χ2v) is 4.07. The van der Waals surface area contributed by atoms with E-state index in [4.69, 9.17) is 22.1 Å². The van der Waals surface area contributed by atoms with E-state index in [0.29, 0.717) is 5.02 Å². The summed E-state index contributed by atoms with van der Waals surface area (Å²) in [7, 11) is 2.62. The predicted molar refractivity (Wildman–Crippen MR) is 71.3 cm³/mol. The molecule has 0 spiro atoms. The lowest BCUT2D eigenvalue weighted by molar-refractivity contribution is -0.125. The van der Waals surface area contributed by atoms with E-state index in [1.807, 2.05) is 0 Å². The number of benzene rings is 1. The molecule has 0 aliphatic heterocycles. The van der Waals surface area contributed by atoms with Gasteiger partial charge in [0.2, 0.25) is 0 Å². The highest BCUT2D eigenvalue weighted by Gasteiger charge is 2.19. The Morgan fingerprint density at radius 1 is 1.42 bits per heavy atom. The zero-order valence-electron chi connectivity index (χ0n) is 10.6. The minimum absolute atomic E-state index is 0.0312. The van der Waals surface area contributed by atoms with Gasteiger partial charge < -0.3 is 20.5 Å². The van der Waals surface area contributed by atoms with Crippen molar-refractivity contribution in [3.63, 3.8) is 0 Å². The zero-order valence-corrected chi connectivity index (χ0v) is 11.4. The van der Waals surface area contributed by atoms with Gasteiger partial charge in [-0.05, 0) is 18.2 Å². The molecule has 1 rings (SSSR count). The maximum Gasteiger partial charge on any atom is 0.340 e. The fourth-order valence-electron chi connectivity index (χ4n) is 1.43. The van der Waals surface area contributed by atoms with Crippen molar-refractivity contribution in [2.24, 2.45) is 5.73 Å². The standard InChI is InChI=1S/C12H15ClN2O4/c1-18-10(6-14)11(16)15-9-4-3-7(13)5-8(9)12(17)19-2/h3-5,10H,6,14H2,1-2H3,(H,15,16). The molecule has 1 aromatic rings. The van der Waals surface area contributed by atoms with E-state index in [9.17, 15) is 9.59 Å². The van der Waals surface area contributed by atoms with Crippen molar-refractivity contribution in [2.45, 2.75) is 6.10 Å². The lowest BCUT2D eigenvalue weighted by Gasteiger charge is -2.15. The van der Waals surface area contributed by atoms with Gasteiger partial charge in [0.25, 0.3) is 5.91 Å². The van der Waals surface area contributed by atoms with Gasteiger partial charge in [0.15, 0.2) is 0 Å². The van der Waals surface area contributed by atoms with Crippen molar-refractivity contribution in [3.8, 4) is 0 Å². The zero-order chi connectivity index (χ0) is 14.4. The van der Waals surface area contributed by atoms with Crippen LogP contribution in [-0.2, 0) is 14.3 Å². The third kappa shape index (κ3) is 3.92. The molecule has 0 fully saturated rings. The second kappa shape index (κ2) is 7.08. The fraction of sp³-hybridized carbons (Fsp3) is 0.333. The van der Waals surface area contributed by atoms with Crippen LogP contribution in [0.2, 0.25) is 5.02 Å². The minimum atomic E-state index is -0.791. The molecule has 0 radical (unpaired) electrons. The van der Waals surface area contributed by atoms with Gasteiger partial charge in [-0.2, -0.15) is 0 Å². The molecule has 0 saturated heterocycles. The van der Waals surface area contributed by atoms with Gasteiger partial charge in [0, 0.05) is 18.7 Å². The molecule has 19 heavy (non-hydrogen) atoms. The first-order chi connectivity index (χ1) is 9.03. The Bertz CT molecular complexity index is 475. The van der Waals surface area contributed by atoms with Crippen LogP contribution in [0.3, 0.4) is 0 Å². The molecule has 0 aliphatic carbocycles. The van der Waals surface area contributed by atoms with Gasteiger partial charge in [-0.1, -0.05) is 11.6 Å². The third-order valence-electron chi connectivity index (χ3n) is 2.44. The van der Waals surface area contributed by atoms with E-state index >= 15 is 0 Å². The number of halogens is 1. The van der Waals surface area contributed by atoms with Gasteiger partial charge in [0.05, 0.1) is 18.4 Å². The van der Waals surface area contributed by atoms with Gasteiger partial charge in [-0.15, -0.1) is 0 Å². The molecule has 7 heteroatoms. The van der Waals surface area contributed by atoms with Crippen molar-refractivity contribution >= 4 is 29.2 Å². The molecule has 1 atom stereocenters. The smallest absolute Gasteiger partial charge is 0.340 e. The SMILES string of the molecule is COC(=O)c1cc(Cl)ccc1NC(=O)C(CN)OC. The lowest BCUT2D eigenvalue weighted by atomic mass is 10.1. The summed E-state index contributed by atoms with van der Waals surface area (Å²) in [5, 5.41) is 2.91. The average Bonchev–Trinajstić information content (AvgIpc) is 2.41. The number of ether oxygens (including phenoxy) is 2. The highest BCUT2D eigenvalue weighted by molar-refractivity contribution is 6.31. The van der Waals surface area contributed by atoms with Crippen molar-refractivity contribution in [2.75, 3.05) is 26.1 Å². The van der Waals surface area contributed by atoms with Crippen molar-refractivity contribution in [1.82, 2.24) is 0 Å². The molecule has 0 aromatic heterocycles. The number of carbonyl (C=O) groups is 2. The summed E-state index contributed by atoms with van der Waals surface area (Å²) in [6.45, 7) is 0.0312. The number of rotatable bonds is 5. The Balaban J connectivity index is 3.00. The van der Waals surface area contributed by atoms with Crippen molar-refractivity contribution < 1.29 is 19.1 Å². The first kappa shape index (κ1) is 15.4. The predicted octanol–water partition coefficient (Wildman–Crippen LogP) is 1.04. The van der Waals surface area contributed by atoms with E-state index in [1.54, 1.807) is 6.07 Å². The molecule has 0 bridgehead atoms. The number of amides is 1. The number of nitrogens with two attached hydrogens (primary N) is 1. The van der Waals surface area contributed by atoms with Gasteiger partial charge >= 0.3 is 5.97 Å². The van der Waals surface area contributed by atoms with E-state index in [2.05, 4.69) is 10.1 Å². The highest BCUT2D eigenvalue weighted by atomic mass is 35.5. The summed E-state index contributed by atoms with van der Waals surface area (Å²) >= 11 is 5.81. The van der Waals surface area contributed by atoms with Crippen LogP contribution < -0.4 is 11.1 Å². The largest absolute Gasteiger partial charge is 0.465 e. The molecule has 0 saturated carbocycles. The van der Waals surface area contributed by atoms with Crippen molar-refractivity contribution in [1.29, 1.82) is 0 Å². The van der Waals surface area contributed by atoms with E-state index in [1.165, 1.54) is 26.4 Å². The monoisotopic (exact) mass is 286 g/mol. The van der Waals surface area contributed by atoms with E-state index in [0.717, 1.165) is 0 Å². The number of esters is 1. The fourth-order valence-corrected chi connectivity index (χ4v) is 1.60. The number of anilines is 1. The normalized spacial score (nSPS) is 11.8. The van der Waals surface area contributed by atoms with E-state index < -0.39 is 18.0 Å². The Labute approximate surface area is 115 Å². The van der Waals surface area contributed by atoms with Crippen LogP contribution in [-0.4, -0.2) is 38.7 Å². The molecule has 0 heterocycles. The summed E-state index contributed by atoms with van der Waals surface area (Å²) in [6, 6.07) is 4.47. The Kier molecular flexibility index (Phi) is 5.75. The summed E-state index contributed by atoms with van der Waals surface area (Å²) in [5.74, 6) is -1.04. The first-order valence-corrected chi connectivity index (χ1v) is 5.82. The average molecular weight is 287 g/mol. The first-order valence-electron chi connectivity index (χ1n) is 5.45. The summed E-state index contributed by atoms with van der Waals surface area (Å²) in [4.78, 5) is 23.4. The van der Waals surface area contributed by atoms with Gasteiger partial charge in [-0.25, -0.2) is 4.79 Å². The van der Waals surface area contributed by atoms with Crippen LogP contribution in [0.25, 0.3) is 0 Å². The maximum absolute atomic E-state index is 11.8. The number of nitrogens with one attached hydrogen (secondary N) is 1. The lowest BCUT2D eigenvalue weighted by Crippen LogP contribution is -2.36. The van der Waals surface area contributed by atoms with Crippen LogP contribution in [0.15, 0.2) is 18.2 Å². The van der Waals surface area contributed by atoms with Gasteiger partial charge in [-0.3, -0.25) is 4.79 Å². The summed E-state index contributed by atoms with van der Waals surface area (Å²) in [6.07, 6.45) is -0.791. The highest BCUT2D eigenvalue weighted by Crippen LogP contribution is 2.21. The topological polar surface area (TPSA) is 90.7 Å². The minimum Gasteiger partial charge on any atom is -0.465 e. The Morgan fingerprint density at radius 2 is 2.11 bits per heavy atom. The van der Waals surface area contributed by atoms with Crippen LogP contribution in [0.4, 0.5) is 5.69 Å². The van der Waals surface area contributed by atoms with Crippen LogP contribution >= 0.6 is 11.6 Å². The molecular formula is C12H15ClN2O4. The van der Waals surface area contributed by atoms with Crippen LogP contribution in [0, 0.1) is 0 Å². The molecule has 6 nitrogen and oxygen atoms in total. The molecule has 1 amide bonds. The Morgan fingerprint density at radius 3 is 2.63 bits per heavy atom. The second-order valence-electron chi connectivity index (χ2n) is 3.63.